The summed E-state index contributed by atoms with van der Waals surface area (Å²) in [5.74, 6) is 0.825. The molecule has 0 amide bonds. The number of hydrogen-bond donors (Lipinski definition) is 0. The number of furan rings is 1. The zero-order valence-electron chi connectivity index (χ0n) is 13.7. The Labute approximate surface area is 146 Å². The molecule has 0 radical (unpaired) electrons. The van der Waals surface area contributed by atoms with Gasteiger partial charge in [0, 0.05) is 5.56 Å². The van der Waals surface area contributed by atoms with E-state index in [9.17, 15) is 9.59 Å². The zero-order chi connectivity index (χ0) is 17.5. The van der Waals surface area contributed by atoms with Crippen LogP contribution in [0.25, 0.3) is 11.3 Å². The molecule has 0 fully saturated rings. The second kappa shape index (κ2) is 8.22. The smallest absolute Gasteiger partial charge is 0.166 e. The number of ether oxygens (including phenoxy) is 1. The number of carbonyl (C=O) groups is 2. The van der Waals surface area contributed by atoms with Crippen LogP contribution < -0.4 is 0 Å². The summed E-state index contributed by atoms with van der Waals surface area (Å²) in [7, 11) is 0. The SMILES string of the molecule is O=Cc1cc(-c2ccccc2)oc1CC(=O)COCc1ccccc1. The number of aldehydes is 1. The highest BCUT2D eigenvalue weighted by molar-refractivity contribution is 5.86. The molecule has 0 bridgehead atoms. The van der Waals surface area contributed by atoms with Crippen LogP contribution in [0.2, 0.25) is 0 Å². The molecule has 0 aliphatic rings. The van der Waals surface area contributed by atoms with Crippen molar-refractivity contribution in [3.8, 4) is 11.3 Å². The Kier molecular flexibility index (Phi) is 5.54. The van der Waals surface area contributed by atoms with Crippen molar-refractivity contribution in [3.05, 3.63) is 83.6 Å². The van der Waals surface area contributed by atoms with E-state index in [1.54, 1.807) is 6.07 Å². The standard InChI is InChI=1S/C21H18O4/c22-13-18-11-20(17-9-5-2-6-10-17)25-21(18)12-19(23)15-24-14-16-7-3-1-4-8-16/h1-11,13H,12,14-15H2. The zero-order valence-corrected chi connectivity index (χ0v) is 13.7. The first-order chi connectivity index (χ1) is 12.3. The summed E-state index contributed by atoms with van der Waals surface area (Å²) < 4.78 is 11.2. The van der Waals surface area contributed by atoms with Crippen molar-refractivity contribution >= 4 is 12.1 Å². The second-order valence-electron chi connectivity index (χ2n) is 5.67. The lowest BCUT2D eigenvalue weighted by Crippen LogP contribution is -2.12. The summed E-state index contributed by atoms with van der Waals surface area (Å²) in [6, 6.07) is 20.8. The molecular weight excluding hydrogens is 316 g/mol. The third-order valence-electron chi connectivity index (χ3n) is 3.76. The van der Waals surface area contributed by atoms with Crippen LogP contribution in [0.5, 0.6) is 0 Å². The number of benzene rings is 2. The molecule has 3 rings (SSSR count). The van der Waals surface area contributed by atoms with Crippen molar-refractivity contribution in [1.82, 2.24) is 0 Å². The molecule has 4 heteroatoms. The molecule has 0 atom stereocenters. The quantitative estimate of drug-likeness (QED) is 0.582. The van der Waals surface area contributed by atoms with Gasteiger partial charge in [0.2, 0.25) is 0 Å². The first kappa shape index (κ1) is 16.9. The Morgan fingerprint density at radius 3 is 2.36 bits per heavy atom. The monoisotopic (exact) mass is 334 g/mol. The van der Waals surface area contributed by atoms with E-state index in [0.717, 1.165) is 11.1 Å². The minimum absolute atomic E-state index is 0.0193. The van der Waals surface area contributed by atoms with Crippen molar-refractivity contribution < 1.29 is 18.7 Å². The molecule has 1 aromatic heterocycles. The van der Waals surface area contributed by atoms with Gasteiger partial charge in [0.1, 0.15) is 18.1 Å². The lowest BCUT2D eigenvalue weighted by atomic mass is 10.1. The van der Waals surface area contributed by atoms with E-state index in [0.29, 0.717) is 30.0 Å². The molecule has 0 saturated carbocycles. The van der Waals surface area contributed by atoms with E-state index in [2.05, 4.69) is 0 Å². The van der Waals surface area contributed by atoms with E-state index in [-0.39, 0.29) is 18.8 Å². The molecule has 0 saturated heterocycles. The third kappa shape index (κ3) is 4.52. The lowest BCUT2D eigenvalue weighted by Gasteiger charge is -2.03. The van der Waals surface area contributed by atoms with Crippen LogP contribution in [0.1, 0.15) is 21.7 Å². The summed E-state index contributed by atoms with van der Waals surface area (Å²) in [5.41, 5.74) is 2.27. The van der Waals surface area contributed by atoms with Gasteiger partial charge in [0.15, 0.2) is 12.1 Å². The first-order valence-electron chi connectivity index (χ1n) is 8.03. The Morgan fingerprint density at radius 2 is 1.68 bits per heavy atom. The van der Waals surface area contributed by atoms with Crippen LogP contribution >= 0.6 is 0 Å². The molecular formula is C21H18O4. The van der Waals surface area contributed by atoms with Crippen LogP contribution in [0, 0.1) is 0 Å². The van der Waals surface area contributed by atoms with Crippen molar-refractivity contribution in [2.45, 2.75) is 13.0 Å². The maximum atomic E-state index is 12.1. The van der Waals surface area contributed by atoms with Gasteiger partial charge >= 0.3 is 0 Å². The number of rotatable bonds is 8. The molecule has 0 N–H and O–H groups in total. The molecule has 25 heavy (non-hydrogen) atoms. The highest BCUT2D eigenvalue weighted by Crippen LogP contribution is 2.25. The van der Waals surface area contributed by atoms with Gasteiger partial charge in [0.05, 0.1) is 18.6 Å². The maximum Gasteiger partial charge on any atom is 0.166 e. The highest BCUT2D eigenvalue weighted by atomic mass is 16.5. The Balaban J connectivity index is 1.61. The highest BCUT2D eigenvalue weighted by Gasteiger charge is 2.15. The van der Waals surface area contributed by atoms with E-state index in [1.807, 2.05) is 60.7 Å². The third-order valence-corrected chi connectivity index (χ3v) is 3.76. The topological polar surface area (TPSA) is 56.5 Å². The number of Topliss-reactive ketones (excluding diaryl/α,β-unsaturated/α-hetero) is 1. The molecule has 1 heterocycles. The van der Waals surface area contributed by atoms with E-state index >= 15 is 0 Å². The van der Waals surface area contributed by atoms with Gasteiger partial charge in [-0.2, -0.15) is 0 Å². The van der Waals surface area contributed by atoms with Crippen molar-refractivity contribution in [2.24, 2.45) is 0 Å². The maximum absolute atomic E-state index is 12.1. The fraction of sp³-hybridized carbons (Fsp3) is 0.143. The number of hydrogen-bond acceptors (Lipinski definition) is 4. The minimum Gasteiger partial charge on any atom is -0.460 e. The van der Waals surface area contributed by atoms with Gasteiger partial charge in [-0.1, -0.05) is 60.7 Å². The van der Waals surface area contributed by atoms with E-state index < -0.39 is 0 Å². The Morgan fingerprint density at radius 1 is 1.00 bits per heavy atom. The molecule has 2 aromatic carbocycles. The van der Waals surface area contributed by atoms with Gasteiger partial charge in [-0.3, -0.25) is 9.59 Å². The summed E-state index contributed by atoms with van der Waals surface area (Å²) in [6.45, 7) is 0.356. The fourth-order valence-electron chi connectivity index (χ4n) is 2.51. The van der Waals surface area contributed by atoms with Crippen molar-refractivity contribution in [2.75, 3.05) is 6.61 Å². The van der Waals surface area contributed by atoms with Crippen LogP contribution in [-0.4, -0.2) is 18.7 Å². The lowest BCUT2D eigenvalue weighted by molar-refractivity contribution is -0.123. The Hall–Kier alpha value is -2.98. The average molecular weight is 334 g/mol. The molecule has 0 aliphatic carbocycles. The van der Waals surface area contributed by atoms with Gasteiger partial charge in [-0.25, -0.2) is 0 Å². The summed E-state index contributed by atoms with van der Waals surface area (Å²) >= 11 is 0. The largest absolute Gasteiger partial charge is 0.460 e. The van der Waals surface area contributed by atoms with Gasteiger partial charge in [-0.05, 0) is 11.6 Å². The van der Waals surface area contributed by atoms with Crippen LogP contribution in [-0.2, 0) is 22.6 Å². The second-order valence-corrected chi connectivity index (χ2v) is 5.67. The summed E-state index contributed by atoms with van der Waals surface area (Å²) in [5, 5.41) is 0. The van der Waals surface area contributed by atoms with Crippen molar-refractivity contribution in [1.29, 1.82) is 0 Å². The molecule has 4 nitrogen and oxygen atoms in total. The summed E-state index contributed by atoms with van der Waals surface area (Å²) in [6.07, 6.45) is 0.749. The minimum atomic E-state index is -0.131. The number of ketones is 1. The molecule has 0 unspecified atom stereocenters. The van der Waals surface area contributed by atoms with Crippen LogP contribution in [0.3, 0.4) is 0 Å². The van der Waals surface area contributed by atoms with E-state index in [4.69, 9.17) is 9.15 Å². The summed E-state index contributed by atoms with van der Waals surface area (Å²) in [4.78, 5) is 23.4. The predicted molar refractivity (Wildman–Crippen MR) is 94.3 cm³/mol. The first-order valence-corrected chi connectivity index (χ1v) is 8.03. The average Bonchev–Trinajstić information content (AvgIpc) is 3.06. The Bertz CT molecular complexity index is 835. The predicted octanol–water partition coefficient (Wildman–Crippen LogP) is 4.09. The van der Waals surface area contributed by atoms with Crippen LogP contribution in [0.4, 0.5) is 0 Å². The van der Waals surface area contributed by atoms with Gasteiger partial charge < -0.3 is 9.15 Å². The fourth-order valence-corrected chi connectivity index (χ4v) is 2.51. The van der Waals surface area contributed by atoms with Gasteiger partial charge in [-0.15, -0.1) is 0 Å². The van der Waals surface area contributed by atoms with Crippen molar-refractivity contribution in [3.63, 3.8) is 0 Å². The number of carbonyl (C=O) groups excluding carboxylic acids is 2. The molecule has 0 spiro atoms. The van der Waals surface area contributed by atoms with Gasteiger partial charge in [0.25, 0.3) is 0 Å². The van der Waals surface area contributed by atoms with E-state index in [1.165, 1.54) is 0 Å². The molecule has 126 valence electrons. The molecule has 0 aliphatic heterocycles. The molecule has 3 aromatic rings. The van der Waals surface area contributed by atoms with Crippen LogP contribution in [0.15, 0.2) is 71.1 Å². The normalized spacial score (nSPS) is 10.6.